The number of fused-ring (bicyclic) bond motifs is 9. The number of benzene rings is 6. The van der Waals surface area contributed by atoms with Crippen molar-refractivity contribution in [3.05, 3.63) is 170 Å². The maximum Gasteiger partial charge on any atom is 0.138 e. The van der Waals surface area contributed by atoms with Crippen LogP contribution in [0.1, 0.15) is 18.1 Å². The summed E-state index contributed by atoms with van der Waals surface area (Å²) < 4.78 is 4.71. The summed E-state index contributed by atoms with van der Waals surface area (Å²) in [6.45, 7) is 6.21. The first kappa shape index (κ1) is 29.7. The molecule has 10 aromatic rings. The molecule has 0 bridgehead atoms. The monoisotopic (exact) mass is 676 g/mol. The maximum absolute atomic E-state index is 5.36. The molecule has 6 aromatic carbocycles. The fourth-order valence-electron chi connectivity index (χ4n) is 8.73. The van der Waals surface area contributed by atoms with Crippen LogP contribution in [-0.2, 0) is 0 Å². The minimum Gasteiger partial charge on any atom is -0.309 e. The van der Waals surface area contributed by atoms with Crippen LogP contribution < -0.4 is 0 Å². The summed E-state index contributed by atoms with van der Waals surface area (Å²) in [5.74, 6) is 0.909. The summed E-state index contributed by atoms with van der Waals surface area (Å²) in [5.41, 5.74) is 14.9. The number of allylic oxidation sites excluding steroid dienone is 1. The third kappa shape index (κ3) is 4.18. The molecule has 1 aliphatic carbocycles. The van der Waals surface area contributed by atoms with Gasteiger partial charge in [-0.2, -0.15) is 0 Å². The van der Waals surface area contributed by atoms with Gasteiger partial charge in [-0.05, 0) is 78.2 Å². The van der Waals surface area contributed by atoms with E-state index in [0.29, 0.717) is 0 Å². The van der Waals surface area contributed by atoms with E-state index in [1.807, 2.05) is 18.5 Å². The van der Waals surface area contributed by atoms with Gasteiger partial charge in [-0.15, -0.1) is 0 Å². The molecule has 0 amide bonds. The second-order valence-electron chi connectivity index (χ2n) is 13.8. The van der Waals surface area contributed by atoms with Gasteiger partial charge in [-0.3, -0.25) is 9.55 Å². The van der Waals surface area contributed by atoms with Crippen LogP contribution in [0.3, 0.4) is 0 Å². The molecule has 4 heterocycles. The molecule has 4 aromatic heterocycles. The molecular formula is C49H32N4. The summed E-state index contributed by atoms with van der Waals surface area (Å²) in [5, 5.41) is 7.23. The van der Waals surface area contributed by atoms with Gasteiger partial charge in [0.05, 0.1) is 27.8 Å². The number of hydrogen-bond acceptors (Lipinski definition) is 2. The minimum atomic E-state index is 0.909. The second kappa shape index (κ2) is 11.2. The van der Waals surface area contributed by atoms with Gasteiger partial charge in [-0.1, -0.05) is 104 Å². The predicted octanol–water partition coefficient (Wildman–Crippen LogP) is 12.8. The first-order valence-electron chi connectivity index (χ1n) is 18.1. The second-order valence-corrected chi connectivity index (χ2v) is 13.8. The van der Waals surface area contributed by atoms with Crippen molar-refractivity contribution >= 4 is 66.5 Å². The molecule has 248 valence electrons. The summed E-state index contributed by atoms with van der Waals surface area (Å²) in [6.07, 6.45) is 10.2. The zero-order valence-electron chi connectivity index (χ0n) is 29.1. The number of nitrogens with zero attached hydrogens (tertiary/aromatic N) is 4. The van der Waals surface area contributed by atoms with E-state index in [2.05, 4.69) is 173 Å². The average molecular weight is 677 g/mol. The average Bonchev–Trinajstić information content (AvgIpc) is 3.84. The summed E-state index contributed by atoms with van der Waals surface area (Å²) in [7, 11) is 0. The Bertz CT molecular complexity index is 3190. The van der Waals surface area contributed by atoms with Gasteiger partial charge in [0, 0.05) is 72.7 Å². The highest BCUT2D eigenvalue weighted by Crippen LogP contribution is 2.46. The lowest BCUT2D eigenvalue weighted by Crippen LogP contribution is -1.98. The molecule has 4 nitrogen and oxygen atoms in total. The molecule has 0 atom stereocenters. The van der Waals surface area contributed by atoms with E-state index in [4.69, 9.17) is 4.98 Å². The molecule has 0 saturated heterocycles. The largest absolute Gasteiger partial charge is 0.309 e. The van der Waals surface area contributed by atoms with E-state index >= 15 is 0 Å². The van der Waals surface area contributed by atoms with Crippen LogP contribution in [0.2, 0.25) is 0 Å². The van der Waals surface area contributed by atoms with Crippen LogP contribution in [0.4, 0.5) is 0 Å². The van der Waals surface area contributed by atoms with Crippen LogP contribution in [-0.4, -0.2) is 19.1 Å². The number of pyridine rings is 2. The Labute approximate surface area is 306 Å². The van der Waals surface area contributed by atoms with E-state index in [1.165, 1.54) is 60.2 Å². The Hall–Kier alpha value is -7.04. The maximum atomic E-state index is 5.36. The molecule has 53 heavy (non-hydrogen) atoms. The van der Waals surface area contributed by atoms with Crippen molar-refractivity contribution in [2.75, 3.05) is 0 Å². The van der Waals surface area contributed by atoms with Gasteiger partial charge in [-0.25, -0.2) is 4.98 Å². The fourth-order valence-corrected chi connectivity index (χ4v) is 8.73. The molecule has 0 N–H and O–H groups in total. The normalized spacial score (nSPS) is 12.2. The minimum absolute atomic E-state index is 0.909. The predicted molar refractivity (Wildman–Crippen MR) is 223 cm³/mol. The number of para-hydroxylation sites is 2. The van der Waals surface area contributed by atoms with Gasteiger partial charge in [0.2, 0.25) is 0 Å². The van der Waals surface area contributed by atoms with Crippen LogP contribution in [0.15, 0.2) is 159 Å². The van der Waals surface area contributed by atoms with E-state index in [1.54, 1.807) is 0 Å². The first-order chi connectivity index (χ1) is 26.2. The Balaban J connectivity index is 1.11. The lowest BCUT2D eigenvalue weighted by molar-refractivity contribution is 1.09. The Kier molecular flexibility index (Phi) is 6.29. The Morgan fingerprint density at radius 3 is 2.15 bits per heavy atom. The number of hydrogen-bond donors (Lipinski definition) is 0. The molecule has 11 rings (SSSR count). The molecular weight excluding hydrogens is 645 g/mol. The highest BCUT2D eigenvalue weighted by molar-refractivity contribution is 6.16. The van der Waals surface area contributed by atoms with Gasteiger partial charge in [0.15, 0.2) is 0 Å². The smallest absolute Gasteiger partial charge is 0.138 e. The summed E-state index contributed by atoms with van der Waals surface area (Å²) >= 11 is 0. The standard InChI is InChI=1S/C49H32N4/c1-3-11-35-30(4-2)18-21-38-41-27-32(19-23-44(41)52(49(35)38)34-13-6-5-7-14-34)31-20-24-45-40(26-31)36-15-8-9-17-43(36)53(45)46-25-22-37-42-29-50-28-33-12-10-16-39(47(33)42)48(37)51-46/h3-29H,2H2,1H3/b11-3-. The third-order valence-electron chi connectivity index (χ3n) is 11.0. The molecule has 1 aliphatic rings. The summed E-state index contributed by atoms with van der Waals surface area (Å²) in [6, 6.07) is 48.3. The number of aromatic nitrogens is 4. The molecule has 0 fully saturated rings. The van der Waals surface area contributed by atoms with E-state index in [-0.39, 0.29) is 0 Å². The molecule has 4 heteroatoms. The van der Waals surface area contributed by atoms with Crippen LogP contribution in [0.5, 0.6) is 0 Å². The van der Waals surface area contributed by atoms with Crippen LogP contribution in [0, 0.1) is 0 Å². The Morgan fingerprint density at radius 2 is 1.34 bits per heavy atom. The summed E-state index contributed by atoms with van der Waals surface area (Å²) in [4.78, 5) is 9.89. The topological polar surface area (TPSA) is 35.6 Å². The zero-order chi connectivity index (χ0) is 35.2. The van der Waals surface area contributed by atoms with Crippen molar-refractivity contribution < 1.29 is 0 Å². The first-order valence-corrected chi connectivity index (χ1v) is 18.1. The lowest BCUT2D eigenvalue weighted by atomic mass is 9.99. The quantitative estimate of drug-likeness (QED) is 0.182. The Morgan fingerprint density at radius 1 is 0.585 bits per heavy atom. The van der Waals surface area contributed by atoms with Crippen molar-refractivity contribution in [3.8, 4) is 45.0 Å². The zero-order valence-corrected chi connectivity index (χ0v) is 29.1. The van der Waals surface area contributed by atoms with Crippen LogP contribution in [0.25, 0.3) is 112 Å². The molecule has 0 spiro atoms. The van der Waals surface area contributed by atoms with Gasteiger partial charge in [0.1, 0.15) is 5.82 Å². The third-order valence-corrected chi connectivity index (χ3v) is 11.0. The highest BCUT2D eigenvalue weighted by Gasteiger charge is 2.25. The van der Waals surface area contributed by atoms with E-state index < -0.39 is 0 Å². The van der Waals surface area contributed by atoms with E-state index in [0.717, 1.165) is 50.3 Å². The fraction of sp³-hybridized carbons (Fsp3) is 0.0204. The molecule has 0 unspecified atom stereocenters. The SMILES string of the molecule is C=Cc1ccc2c3cc(-c4ccc5c(c4)c4ccccc4n5-c4ccc5c(n4)-c4cccc6cncc-5c46)ccc3n(-c3ccccc3)c2c1/C=C\C. The number of rotatable bonds is 5. The van der Waals surface area contributed by atoms with Crippen molar-refractivity contribution in [2.24, 2.45) is 0 Å². The van der Waals surface area contributed by atoms with Gasteiger partial charge >= 0.3 is 0 Å². The van der Waals surface area contributed by atoms with Gasteiger partial charge < -0.3 is 4.57 Å². The lowest BCUT2D eigenvalue weighted by Gasteiger charge is -2.11. The van der Waals surface area contributed by atoms with Gasteiger partial charge in [0.25, 0.3) is 0 Å². The van der Waals surface area contributed by atoms with Crippen molar-refractivity contribution in [2.45, 2.75) is 6.92 Å². The molecule has 0 aliphatic heterocycles. The van der Waals surface area contributed by atoms with Crippen molar-refractivity contribution in [3.63, 3.8) is 0 Å². The van der Waals surface area contributed by atoms with Crippen LogP contribution >= 0.6 is 0 Å². The van der Waals surface area contributed by atoms with E-state index in [9.17, 15) is 0 Å². The van der Waals surface area contributed by atoms with Crippen molar-refractivity contribution in [1.29, 1.82) is 0 Å². The van der Waals surface area contributed by atoms with Crippen molar-refractivity contribution in [1.82, 2.24) is 19.1 Å². The molecule has 0 radical (unpaired) electrons. The highest BCUT2D eigenvalue weighted by atomic mass is 15.1. The molecule has 0 saturated carbocycles.